The van der Waals surface area contributed by atoms with Crippen molar-refractivity contribution in [2.24, 2.45) is 5.92 Å². The van der Waals surface area contributed by atoms with Gasteiger partial charge in [0.15, 0.2) is 0 Å². The van der Waals surface area contributed by atoms with E-state index in [1.165, 1.54) is 41.9 Å². The van der Waals surface area contributed by atoms with Crippen molar-refractivity contribution >= 4 is 11.8 Å². The average Bonchev–Trinajstić information content (AvgIpc) is 2.88. The molecule has 0 aromatic heterocycles. The van der Waals surface area contributed by atoms with Gasteiger partial charge in [-0.25, -0.2) is 0 Å². The molecule has 1 aromatic carbocycles. The first-order chi connectivity index (χ1) is 9.72. The van der Waals surface area contributed by atoms with Crippen LogP contribution in [0.1, 0.15) is 36.4 Å². The fourth-order valence-corrected chi connectivity index (χ4v) is 5.13. The number of benzene rings is 1. The van der Waals surface area contributed by atoms with E-state index in [0.717, 1.165) is 6.61 Å². The van der Waals surface area contributed by atoms with Gasteiger partial charge in [-0.3, -0.25) is 0 Å². The quantitative estimate of drug-likeness (QED) is 0.920. The van der Waals surface area contributed by atoms with Gasteiger partial charge in [-0.1, -0.05) is 29.8 Å². The Kier molecular flexibility index (Phi) is 4.39. The predicted molar refractivity (Wildman–Crippen MR) is 86.3 cm³/mol. The molecule has 3 rings (SSSR count). The lowest BCUT2D eigenvalue weighted by atomic mass is 9.79. The van der Waals surface area contributed by atoms with Crippen molar-refractivity contribution in [2.45, 2.75) is 37.8 Å². The lowest BCUT2D eigenvalue weighted by Gasteiger charge is -2.41. The van der Waals surface area contributed by atoms with E-state index in [2.05, 4.69) is 55.3 Å². The zero-order valence-electron chi connectivity index (χ0n) is 12.5. The smallest absolute Gasteiger partial charge is 0.0783 e. The summed E-state index contributed by atoms with van der Waals surface area (Å²) in [7, 11) is 2.10. The number of hydrogen-bond acceptors (Lipinski definition) is 3. The number of thioether (sulfide) groups is 1. The van der Waals surface area contributed by atoms with Crippen LogP contribution in [0.2, 0.25) is 0 Å². The molecule has 2 heterocycles. The molecule has 0 amide bonds. The van der Waals surface area contributed by atoms with E-state index < -0.39 is 0 Å². The molecule has 1 N–H and O–H groups in total. The molecular weight excluding hydrogens is 266 g/mol. The monoisotopic (exact) mass is 291 g/mol. The van der Waals surface area contributed by atoms with E-state index in [4.69, 9.17) is 4.74 Å². The molecule has 3 heteroatoms. The lowest BCUT2D eigenvalue weighted by molar-refractivity contribution is -0.0850. The van der Waals surface area contributed by atoms with E-state index in [1.54, 1.807) is 0 Å². The lowest BCUT2D eigenvalue weighted by Crippen LogP contribution is -2.43. The highest BCUT2D eigenvalue weighted by Crippen LogP contribution is 2.43. The van der Waals surface area contributed by atoms with Gasteiger partial charge in [0.25, 0.3) is 0 Å². The summed E-state index contributed by atoms with van der Waals surface area (Å²) in [6.45, 7) is 3.10. The van der Waals surface area contributed by atoms with Crippen LogP contribution in [0.25, 0.3) is 0 Å². The van der Waals surface area contributed by atoms with Crippen molar-refractivity contribution in [2.75, 3.05) is 25.2 Å². The van der Waals surface area contributed by atoms with Crippen LogP contribution < -0.4 is 5.32 Å². The first kappa shape index (κ1) is 14.4. The molecule has 110 valence electrons. The Bertz CT molecular complexity index is 456. The van der Waals surface area contributed by atoms with Crippen LogP contribution in [-0.4, -0.2) is 30.8 Å². The van der Waals surface area contributed by atoms with Gasteiger partial charge >= 0.3 is 0 Å². The third-order valence-corrected chi connectivity index (χ3v) is 6.00. The Hall–Kier alpha value is -0.510. The zero-order chi connectivity index (χ0) is 14.0. The summed E-state index contributed by atoms with van der Waals surface area (Å²) in [6.07, 6.45) is 3.61. The number of nitrogens with one attached hydrogen (secondary N) is 1. The normalized spacial score (nSPS) is 31.6. The fourth-order valence-electron chi connectivity index (χ4n) is 3.75. The maximum Gasteiger partial charge on any atom is 0.0783 e. The third kappa shape index (κ3) is 2.90. The maximum absolute atomic E-state index is 6.16. The molecule has 2 fully saturated rings. The van der Waals surface area contributed by atoms with Crippen LogP contribution in [-0.2, 0) is 4.74 Å². The Morgan fingerprint density at radius 1 is 1.45 bits per heavy atom. The van der Waals surface area contributed by atoms with Crippen molar-refractivity contribution in [3.8, 4) is 0 Å². The van der Waals surface area contributed by atoms with E-state index in [-0.39, 0.29) is 5.60 Å². The molecule has 0 aliphatic carbocycles. The van der Waals surface area contributed by atoms with Gasteiger partial charge in [-0.2, -0.15) is 11.8 Å². The summed E-state index contributed by atoms with van der Waals surface area (Å²) in [5.41, 5.74) is 2.95. The molecule has 20 heavy (non-hydrogen) atoms. The van der Waals surface area contributed by atoms with Crippen molar-refractivity contribution < 1.29 is 4.74 Å². The van der Waals surface area contributed by atoms with Crippen LogP contribution in [0, 0.1) is 12.8 Å². The van der Waals surface area contributed by atoms with Crippen LogP contribution in [0.3, 0.4) is 0 Å². The minimum atomic E-state index is 0.173. The van der Waals surface area contributed by atoms with E-state index in [9.17, 15) is 0 Å². The van der Waals surface area contributed by atoms with Gasteiger partial charge in [0.1, 0.15) is 0 Å². The highest BCUT2D eigenvalue weighted by Gasteiger charge is 2.42. The Balaban J connectivity index is 1.78. The maximum atomic E-state index is 6.16. The summed E-state index contributed by atoms with van der Waals surface area (Å²) in [4.78, 5) is 0. The summed E-state index contributed by atoms with van der Waals surface area (Å²) in [5, 5.41) is 3.56. The number of rotatable bonds is 3. The SMILES string of the molecule is CNC(c1cccc(C)c1)C1CCOC2(CCSC2)C1. The first-order valence-electron chi connectivity index (χ1n) is 7.68. The number of hydrogen-bond donors (Lipinski definition) is 1. The van der Waals surface area contributed by atoms with Gasteiger partial charge in [0.2, 0.25) is 0 Å². The molecule has 0 radical (unpaired) electrons. The van der Waals surface area contributed by atoms with Crippen LogP contribution >= 0.6 is 11.8 Å². The Morgan fingerprint density at radius 2 is 2.35 bits per heavy atom. The van der Waals surface area contributed by atoms with Crippen LogP contribution in [0.5, 0.6) is 0 Å². The highest BCUT2D eigenvalue weighted by molar-refractivity contribution is 7.99. The van der Waals surface area contributed by atoms with Gasteiger partial charge in [-0.15, -0.1) is 0 Å². The van der Waals surface area contributed by atoms with E-state index >= 15 is 0 Å². The van der Waals surface area contributed by atoms with E-state index in [1.807, 2.05) is 0 Å². The highest BCUT2D eigenvalue weighted by atomic mass is 32.2. The molecule has 3 unspecified atom stereocenters. The molecule has 2 aliphatic rings. The van der Waals surface area contributed by atoms with Crippen LogP contribution in [0.4, 0.5) is 0 Å². The van der Waals surface area contributed by atoms with Crippen molar-refractivity contribution in [3.63, 3.8) is 0 Å². The first-order valence-corrected chi connectivity index (χ1v) is 8.83. The van der Waals surface area contributed by atoms with E-state index in [0.29, 0.717) is 12.0 Å². The summed E-state index contributed by atoms with van der Waals surface area (Å²) < 4.78 is 6.16. The third-order valence-electron chi connectivity index (χ3n) is 4.78. The summed E-state index contributed by atoms with van der Waals surface area (Å²) >= 11 is 2.05. The fraction of sp³-hybridized carbons (Fsp3) is 0.647. The largest absolute Gasteiger partial charge is 0.374 e. The molecule has 2 nitrogen and oxygen atoms in total. The predicted octanol–water partition coefficient (Wildman–Crippen LogP) is 3.56. The molecule has 2 aliphatic heterocycles. The molecule has 3 atom stereocenters. The second kappa shape index (κ2) is 6.08. The van der Waals surface area contributed by atoms with Gasteiger partial charge in [-0.05, 0) is 50.5 Å². The van der Waals surface area contributed by atoms with Crippen molar-refractivity contribution in [3.05, 3.63) is 35.4 Å². The second-order valence-corrected chi connectivity index (χ2v) is 7.37. The minimum Gasteiger partial charge on any atom is -0.374 e. The number of aryl methyl sites for hydroxylation is 1. The molecule has 0 saturated carbocycles. The van der Waals surface area contributed by atoms with Gasteiger partial charge in [0.05, 0.1) is 5.60 Å². The number of ether oxygens (including phenoxy) is 1. The minimum absolute atomic E-state index is 0.173. The molecule has 2 saturated heterocycles. The molecule has 0 bridgehead atoms. The average molecular weight is 291 g/mol. The topological polar surface area (TPSA) is 21.3 Å². The second-order valence-electron chi connectivity index (χ2n) is 6.27. The summed E-state index contributed by atoms with van der Waals surface area (Å²) in [6, 6.07) is 9.40. The van der Waals surface area contributed by atoms with Crippen LogP contribution in [0.15, 0.2) is 24.3 Å². The van der Waals surface area contributed by atoms with Gasteiger partial charge < -0.3 is 10.1 Å². The van der Waals surface area contributed by atoms with Crippen molar-refractivity contribution in [1.82, 2.24) is 5.32 Å². The summed E-state index contributed by atoms with van der Waals surface area (Å²) in [5.74, 6) is 3.14. The molecule has 1 aromatic rings. The molecule has 1 spiro atoms. The zero-order valence-corrected chi connectivity index (χ0v) is 13.3. The van der Waals surface area contributed by atoms with Gasteiger partial charge in [0, 0.05) is 18.4 Å². The molecular formula is C17H25NOS. The Morgan fingerprint density at radius 3 is 3.05 bits per heavy atom. The van der Waals surface area contributed by atoms with Crippen molar-refractivity contribution in [1.29, 1.82) is 0 Å². The Labute approximate surface area is 126 Å². The standard InChI is InChI=1S/C17H25NOS/c1-13-4-3-5-14(10-13)16(18-2)15-6-8-19-17(11-15)7-9-20-12-17/h3-5,10,15-16,18H,6-9,11-12H2,1-2H3.